The van der Waals surface area contributed by atoms with Crippen LogP contribution in [0.3, 0.4) is 0 Å². The molecular weight excluding hydrogens is 310 g/mol. The highest BCUT2D eigenvalue weighted by Crippen LogP contribution is 2.37. The average molecular weight is 331 g/mol. The normalized spacial score (nSPS) is 16.8. The second-order valence-electron chi connectivity index (χ2n) is 5.80. The molecule has 1 aromatic carbocycles. The Morgan fingerprint density at radius 1 is 1.43 bits per heavy atom. The third kappa shape index (κ3) is 2.95. The van der Waals surface area contributed by atoms with Gasteiger partial charge in [-0.3, -0.25) is 4.79 Å². The van der Waals surface area contributed by atoms with Gasteiger partial charge < -0.3 is 10.1 Å². The van der Waals surface area contributed by atoms with Crippen LogP contribution < -0.4 is 10.1 Å². The summed E-state index contributed by atoms with van der Waals surface area (Å²) in [6.45, 7) is 3.90. The molecule has 0 aliphatic carbocycles. The van der Waals surface area contributed by atoms with Crippen LogP contribution >= 0.6 is 11.8 Å². The third-order valence-electron chi connectivity index (χ3n) is 4.10. The van der Waals surface area contributed by atoms with Gasteiger partial charge in [-0.2, -0.15) is 5.10 Å². The van der Waals surface area contributed by atoms with Gasteiger partial charge in [0.25, 0.3) is 5.91 Å². The Balaban J connectivity index is 1.89. The Hall–Kier alpha value is -1.95. The molecule has 1 unspecified atom stereocenters. The fraction of sp³-hybridized carbons (Fsp3) is 0.412. The molecule has 5 nitrogen and oxygen atoms in total. The minimum atomic E-state index is -0.128. The van der Waals surface area contributed by atoms with Crippen LogP contribution in [-0.2, 0) is 7.05 Å². The van der Waals surface area contributed by atoms with E-state index in [9.17, 15) is 4.79 Å². The van der Waals surface area contributed by atoms with E-state index in [1.54, 1.807) is 18.8 Å². The SMILES string of the molecule is COc1c(C(=O)NC2CCSc3ccc(C)cc32)c(C)nn1C. The van der Waals surface area contributed by atoms with E-state index < -0.39 is 0 Å². The molecule has 0 spiro atoms. The molecule has 23 heavy (non-hydrogen) atoms. The number of nitrogens with one attached hydrogen (secondary N) is 1. The number of carbonyl (C=O) groups is 1. The molecule has 0 bridgehead atoms. The number of nitrogens with zero attached hydrogens (tertiary/aromatic N) is 2. The van der Waals surface area contributed by atoms with Crippen LogP contribution in [0.15, 0.2) is 23.1 Å². The van der Waals surface area contributed by atoms with Gasteiger partial charge in [0.1, 0.15) is 5.56 Å². The predicted octanol–water partition coefficient (Wildman–Crippen LogP) is 3.01. The summed E-state index contributed by atoms with van der Waals surface area (Å²) in [6, 6.07) is 6.45. The lowest BCUT2D eigenvalue weighted by atomic mass is 10.0. The molecule has 0 saturated carbocycles. The zero-order valence-electron chi connectivity index (χ0n) is 13.8. The Bertz CT molecular complexity index is 755. The summed E-state index contributed by atoms with van der Waals surface area (Å²) in [5.41, 5.74) is 3.61. The molecule has 0 fully saturated rings. The van der Waals surface area contributed by atoms with Gasteiger partial charge in [0.15, 0.2) is 0 Å². The van der Waals surface area contributed by atoms with Gasteiger partial charge >= 0.3 is 0 Å². The summed E-state index contributed by atoms with van der Waals surface area (Å²) in [5.74, 6) is 1.37. The molecule has 2 heterocycles. The molecule has 0 saturated heterocycles. The minimum Gasteiger partial charge on any atom is -0.481 e. The lowest BCUT2D eigenvalue weighted by Crippen LogP contribution is -2.31. The van der Waals surface area contributed by atoms with Gasteiger partial charge in [-0.25, -0.2) is 4.68 Å². The van der Waals surface area contributed by atoms with Gasteiger partial charge in [0, 0.05) is 17.7 Å². The van der Waals surface area contributed by atoms with E-state index in [1.165, 1.54) is 16.0 Å². The third-order valence-corrected chi connectivity index (χ3v) is 5.22. The van der Waals surface area contributed by atoms with E-state index >= 15 is 0 Å². The van der Waals surface area contributed by atoms with Crippen molar-refractivity contribution in [2.75, 3.05) is 12.9 Å². The first-order valence-electron chi connectivity index (χ1n) is 7.63. The summed E-state index contributed by atoms with van der Waals surface area (Å²) in [4.78, 5) is 14.0. The van der Waals surface area contributed by atoms with E-state index in [0.29, 0.717) is 17.1 Å². The smallest absolute Gasteiger partial charge is 0.259 e. The summed E-state index contributed by atoms with van der Waals surface area (Å²) in [5, 5.41) is 7.44. The van der Waals surface area contributed by atoms with Crippen molar-refractivity contribution in [1.29, 1.82) is 0 Å². The van der Waals surface area contributed by atoms with Crippen molar-refractivity contribution in [1.82, 2.24) is 15.1 Å². The van der Waals surface area contributed by atoms with Crippen LogP contribution in [0.2, 0.25) is 0 Å². The maximum absolute atomic E-state index is 12.8. The zero-order chi connectivity index (χ0) is 16.6. The second-order valence-corrected chi connectivity index (χ2v) is 6.93. The Morgan fingerprint density at radius 3 is 2.96 bits per heavy atom. The van der Waals surface area contributed by atoms with Crippen LogP contribution in [0.25, 0.3) is 0 Å². The first kappa shape index (κ1) is 15.9. The molecule has 1 atom stereocenters. The molecule has 6 heteroatoms. The van der Waals surface area contributed by atoms with Gasteiger partial charge in [-0.15, -0.1) is 11.8 Å². The molecular formula is C17H21N3O2S. The average Bonchev–Trinajstić information content (AvgIpc) is 2.81. The number of methoxy groups -OCH3 is 1. The molecule has 0 radical (unpaired) electrons. The monoisotopic (exact) mass is 331 g/mol. The number of aromatic nitrogens is 2. The van der Waals surface area contributed by atoms with Gasteiger partial charge in [-0.05, 0) is 31.9 Å². The van der Waals surface area contributed by atoms with E-state index in [0.717, 1.165) is 12.2 Å². The largest absolute Gasteiger partial charge is 0.481 e. The quantitative estimate of drug-likeness (QED) is 0.939. The Labute approximate surface area is 140 Å². The topological polar surface area (TPSA) is 56.1 Å². The number of hydrogen-bond donors (Lipinski definition) is 1. The number of amides is 1. The molecule has 3 rings (SSSR count). The predicted molar refractivity (Wildman–Crippen MR) is 91.2 cm³/mol. The molecule has 122 valence electrons. The van der Waals surface area contributed by atoms with Crippen molar-refractivity contribution in [2.45, 2.75) is 31.2 Å². The number of rotatable bonds is 3. The van der Waals surface area contributed by atoms with Crippen LogP contribution in [0.1, 0.15) is 39.6 Å². The van der Waals surface area contributed by atoms with Gasteiger partial charge in [-0.1, -0.05) is 17.7 Å². The minimum absolute atomic E-state index is 0.0305. The van der Waals surface area contributed by atoms with E-state index in [2.05, 4.69) is 35.5 Å². The number of aryl methyl sites for hydroxylation is 3. The molecule has 2 aromatic rings. The zero-order valence-corrected chi connectivity index (χ0v) is 14.7. The summed E-state index contributed by atoms with van der Waals surface area (Å²) in [6.07, 6.45) is 0.925. The number of benzene rings is 1. The van der Waals surface area contributed by atoms with Crippen molar-refractivity contribution in [3.05, 3.63) is 40.6 Å². The number of carbonyl (C=O) groups excluding carboxylic acids is 1. The molecule has 1 aliphatic rings. The number of fused-ring (bicyclic) bond motifs is 1. The van der Waals surface area contributed by atoms with E-state index in [1.807, 2.05) is 18.7 Å². The number of ether oxygens (including phenoxy) is 1. The number of hydrogen-bond acceptors (Lipinski definition) is 4. The van der Waals surface area contributed by atoms with Crippen LogP contribution in [0.5, 0.6) is 5.88 Å². The fourth-order valence-electron chi connectivity index (χ4n) is 3.03. The maximum Gasteiger partial charge on any atom is 0.259 e. The van der Waals surface area contributed by atoms with Gasteiger partial charge in [0.05, 0.1) is 18.8 Å². The van der Waals surface area contributed by atoms with Crippen molar-refractivity contribution >= 4 is 17.7 Å². The molecule has 1 aromatic heterocycles. The van der Waals surface area contributed by atoms with Crippen molar-refractivity contribution < 1.29 is 9.53 Å². The fourth-order valence-corrected chi connectivity index (χ4v) is 4.13. The highest BCUT2D eigenvalue weighted by molar-refractivity contribution is 7.99. The standard InChI is InChI=1S/C17H21N3O2S/c1-10-5-6-14-12(9-10)13(7-8-23-14)18-16(21)15-11(2)19-20(3)17(15)22-4/h5-6,9,13H,7-8H2,1-4H3,(H,18,21). The molecule has 1 aliphatic heterocycles. The highest BCUT2D eigenvalue weighted by Gasteiger charge is 2.27. The highest BCUT2D eigenvalue weighted by atomic mass is 32.2. The van der Waals surface area contributed by atoms with E-state index in [4.69, 9.17) is 4.74 Å². The van der Waals surface area contributed by atoms with Crippen molar-refractivity contribution in [3.8, 4) is 5.88 Å². The van der Waals surface area contributed by atoms with Crippen molar-refractivity contribution in [2.24, 2.45) is 7.05 Å². The lowest BCUT2D eigenvalue weighted by molar-refractivity contribution is 0.0931. The Kier molecular flexibility index (Phi) is 4.35. The maximum atomic E-state index is 12.8. The van der Waals surface area contributed by atoms with Gasteiger partial charge in [0.2, 0.25) is 5.88 Å². The Morgan fingerprint density at radius 2 is 2.22 bits per heavy atom. The number of thioether (sulfide) groups is 1. The summed E-state index contributed by atoms with van der Waals surface area (Å²) >= 11 is 1.85. The summed E-state index contributed by atoms with van der Waals surface area (Å²) in [7, 11) is 3.33. The van der Waals surface area contributed by atoms with E-state index in [-0.39, 0.29) is 11.9 Å². The van der Waals surface area contributed by atoms with Crippen LogP contribution in [0, 0.1) is 13.8 Å². The molecule has 1 N–H and O–H groups in total. The van der Waals surface area contributed by atoms with Crippen molar-refractivity contribution in [3.63, 3.8) is 0 Å². The first-order chi connectivity index (χ1) is 11.0. The van der Waals surface area contributed by atoms with Crippen LogP contribution in [-0.4, -0.2) is 28.6 Å². The molecule has 1 amide bonds. The summed E-state index contributed by atoms with van der Waals surface area (Å²) < 4.78 is 6.93. The van der Waals surface area contributed by atoms with Crippen LogP contribution in [0.4, 0.5) is 0 Å². The lowest BCUT2D eigenvalue weighted by Gasteiger charge is -2.26. The first-order valence-corrected chi connectivity index (χ1v) is 8.61. The second kappa shape index (κ2) is 6.28.